The summed E-state index contributed by atoms with van der Waals surface area (Å²) in [5, 5.41) is 13.1. The minimum absolute atomic E-state index is 0.204. The molecule has 152 valence electrons. The Labute approximate surface area is 184 Å². The smallest absolute Gasteiger partial charge is 0.215 e. The lowest BCUT2D eigenvalue weighted by molar-refractivity contribution is 0.439. The molecule has 4 nitrogen and oxygen atoms in total. The van der Waals surface area contributed by atoms with Crippen molar-refractivity contribution < 1.29 is 5.11 Å². The van der Waals surface area contributed by atoms with Crippen molar-refractivity contribution in [2.75, 3.05) is 6.54 Å². The molecule has 1 aliphatic rings. The Morgan fingerprint density at radius 3 is 2.55 bits per heavy atom. The van der Waals surface area contributed by atoms with Crippen molar-refractivity contribution in [3.63, 3.8) is 0 Å². The van der Waals surface area contributed by atoms with Crippen LogP contribution in [0, 0.1) is 0 Å². The maximum atomic E-state index is 11.1. The van der Waals surface area contributed by atoms with E-state index in [9.17, 15) is 5.11 Å². The number of hydrogen-bond donors (Lipinski definition) is 1. The third-order valence-electron chi connectivity index (χ3n) is 5.15. The molecule has 2 heterocycles. The summed E-state index contributed by atoms with van der Waals surface area (Å²) in [6, 6.07) is 26.3. The summed E-state index contributed by atoms with van der Waals surface area (Å²) >= 11 is 1.49. The topological polar surface area (TPSA) is 49.9 Å². The van der Waals surface area contributed by atoms with Crippen LogP contribution in [0.15, 0.2) is 95.0 Å². The maximum Gasteiger partial charge on any atom is 0.215 e. The van der Waals surface area contributed by atoms with E-state index in [1.54, 1.807) is 0 Å². The fourth-order valence-corrected chi connectivity index (χ4v) is 4.60. The summed E-state index contributed by atoms with van der Waals surface area (Å²) in [7, 11) is 0. The van der Waals surface area contributed by atoms with Crippen molar-refractivity contribution in [2.45, 2.75) is 6.42 Å². The number of hydrogen-bond acceptors (Lipinski definition) is 4. The summed E-state index contributed by atoms with van der Waals surface area (Å²) in [5.41, 5.74) is 3.24. The SMILES string of the molecule is Oc1c(C=c2ccc3c(c2)C=CN=3)sc(=NCCc2ccccc2)n1-c1ccccc1. The molecule has 1 N–H and O–H groups in total. The predicted octanol–water partition coefficient (Wildman–Crippen LogP) is 3.82. The van der Waals surface area contributed by atoms with Gasteiger partial charge in [0.25, 0.3) is 0 Å². The highest BCUT2D eigenvalue weighted by Gasteiger charge is 2.12. The number of aromatic nitrogens is 1. The summed E-state index contributed by atoms with van der Waals surface area (Å²) in [4.78, 5) is 10.7. The van der Waals surface area contributed by atoms with Crippen LogP contribution in [0.5, 0.6) is 5.88 Å². The molecule has 0 aliphatic carbocycles. The van der Waals surface area contributed by atoms with Gasteiger partial charge in [-0.15, -0.1) is 0 Å². The first-order chi connectivity index (χ1) is 15.3. The van der Waals surface area contributed by atoms with Crippen LogP contribution in [-0.2, 0) is 6.42 Å². The van der Waals surface area contributed by atoms with E-state index < -0.39 is 0 Å². The Hall–Kier alpha value is -3.70. The number of benzene rings is 3. The van der Waals surface area contributed by atoms with Gasteiger partial charge in [0.1, 0.15) is 0 Å². The Kier molecular flexibility index (Phi) is 5.33. The first-order valence-electron chi connectivity index (χ1n) is 10.2. The van der Waals surface area contributed by atoms with Gasteiger partial charge in [0.15, 0.2) is 4.80 Å². The number of aromatic hydroxyl groups is 1. The average molecular weight is 424 g/mol. The molecule has 31 heavy (non-hydrogen) atoms. The molecule has 0 fully saturated rings. The van der Waals surface area contributed by atoms with Gasteiger partial charge in [0, 0.05) is 18.3 Å². The van der Waals surface area contributed by atoms with E-state index in [-0.39, 0.29) is 5.88 Å². The Balaban J connectivity index is 1.57. The van der Waals surface area contributed by atoms with Crippen molar-refractivity contribution in [3.8, 4) is 11.6 Å². The van der Waals surface area contributed by atoms with Crippen LogP contribution < -0.4 is 15.4 Å². The molecule has 0 unspecified atom stereocenters. The second-order valence-corrected chi connectivity index (χ2v) is 8.28. The van der Waals surface area contributed by atoms with Crippen LogP contribution in [0.2, 0.25) is 0 Å². The van der Waals surface area contributed by atoms with Crippen molar-refractivity contribution in [1.29, 1.82) is 0 Å². The molecule has 0 saturated heterocycles. The third-order valence-corrected chi connectivity index (χ3v) is 6.16. The zero-order valence-electron chi connectivity index (χ0n) is 16.8. The van der Waals surface area contributed by atoms with Crippen LogP contribution in [0.1, 0.15) is 16.0 Å². The minimum atomic E-state index is 0.204. The lowest BCUT2D eigenvalue weighted by atomic mass is 10.2. The molecule has 0 saturated carbocycles. The van der Waals surface area contributed by atoms with Crippen molar-refractivity contribution in [1.82, 2.24) is 4.57 Å². The molecule has 0 amide bonds. The van der Waals surface area contributed by atoms with Crippen LogP contribution in [-0.4, -0.2) is 16.2 Å². The molecular weight excluding hydrogens is 402 g/mol. The largest absolute Gasteiger partial charge is 0.493 e. The third kappa shape index (κ3) is 4.13. The van der Waals surface area contributed by atoms with Gasteiger partial charge >= 0.3 is 0 Å². The van der Waals surface area contributed by atoms with Crippen LogP contribution in [0.3, 0.4) is 0 Å². The maximum absolute atomic E-state index is 11.1. The van der Waals surface area contributed by atoms with E-state index in [1.165, 1.54) is 16.9 Å². The first kappa shape index (κ1) is 19.3. The van der Waals surface area contributed by atoms with Gasteiger partial charge in [-0.1, -0.05) is 65.9 Å². The number of thiazole rings is 1. The standard InChI is InChI=1S/C26H21N3OS/c30-25-24(18-20-11-12-23-21(17-20)14-16-27-23)31-26(29(25)22-9-5-2-6-10-22)28-15-13-19-7-3-1-4-8-19/h1-12,14,16-18,30H,13,15H2. The normalized spacial score (nSPS) is 13.4. The van der Waals surface area contributed by atoms with Gasteiger partial charge in [-0.2, -0.15) is 0 Å². The van der Waals surface area contributed by atoms with Crippen molar-refractivity contribution in [3.05, 3.63) is 116 Å². The zero-order chi connectivity index (χ0) is 21.0. The van der Waals surface area contributed by atoms with E-state index in [0.717, 1.165) is 37.9 Å². The van der Waals surface area contributed by atoms with Gasteiger partial charge < -0.3 is 5.11 Å². The highest BCUT2D eigenvalue weighted by Crippen LogP contribution is 2.24. The van der Waals surface area contributed by atoms with E-state index in [1.807, 2.05) is 83.6 Å². The van der Waals surface area contributed by atoms with Crippen LogP contribution in [0.4, 0.5) is 0 Å². The fourth-order valence-electron chi connectivity index (χ4n) is 3.59. The average Bonchev–Trinajstić information content (AvgIpc) is 3.39. The molecule has 4 aromatic rings. The molecular formula is C26H21N3OS. The molecule has 5 heteroatoms. The molecule has 0 atom stereocenters. The highest BCUT2D eigenvalue weighted by atomic mass is 32.1. The summed E-state index contributed by atoms with van der Waals surface area (Å²) < 4.78 is 1.82. The summed E-state index contributed by atoms with van der Waals surface area (Å²) in [6.45, 7) is 0.654. The quantitative estimate of drug-likeness (QED) is 0.521. The first-order valence-corrected chi connectivity index (χ1v) is 11.0. The predicted molar refractivity (Wildman–Crippen MR) is 126 cm³/mol. The van der Waals surface area contributed by atoms with Gasteiger partial charge in [0.2, 0.25) is 5.88 Å². The van der Waals surface area contributed by atoms with Crippen LogP contribution in [0.25, 0.3) is 17.8 Å². The second kappa shape index (κ2) is 8.58. The number of rotatable bonds is 5. The highest BCUT2D eigenvalue weighted by molar-refractivity contribution is 7.10. The summed E-state index contributed by atoms with van der Waals surface area (Å²) in [6.07, 6.45) is 6.66. The van der Waals surface area contributed by atoms with Gasteiger partial charge in [-0.25, -0.2) is 0 Å². The summed E-state index contributed by atoms with van der Waals surface area (Å²) in [5.74, 6) is 0.204. The molecule has 3 aromatic carbocycles. The van der Waals surface area contributed by atoms with Crippen molar-refractivity contribution in [2.24, 2.45) is 9.98 Å². The van der Waals surface area contributed by atoms with Gasteiger partial charge in [-0.3, -0.25) is 14.6 Å². The molecule has 5 rings (SSSR count). The Morgan fingerprint density at radius 2 is 1.74 bits per heavy atom. The number of para-hydroxylation sites is 1. The lowest BCUT2D eigenvalue weighted by Crippen LogP contribution is -2.13. The number of fused-ring (bicyclic) bond motifs is 1. The minimum Gasteiger partial charge on any atom is -0.493 e. The van der Waals surface area contributed by atoms with Gasteiger partial charge in [-0.05, 0) is 53.6 Å². The monoisotopic (exact) mass is 423 g/mol. The molecule has 0 radical (unpaired) electrons. The lowest BCUT2D eigenvalue weighted by Gasteiger charge is -2.05. The van der Waals surface area contributed by atoms with E-state index >= 15 is 0 Å². The van der Waals surface area contributed by atoms with Gasteiger partial charge in [0.05, 0.1) is 15.9 Å². The molecule has 1 aliphatic heterocycles. The van der Waals surface area contributed by atoms with Crippen LogP contribution >= 0.6 is 11.3 Å². The number of nitrogens with zero attached hydrogens (tertiary/aromatic N) is 3. The Morgan fingerprint density at radius 1 is 0.968 bits per heavy atom. The van der Waals surface area contributed by atoms with Crippen molar-refractivity contribution >= 4 is 23.5 Å². The Bertz CT molecular complexity index is 1430. The molecule has 1 aromatic heterocycles. The van der Waals surface area contributed by atoms with E-state index in [2.05, 4.69) is 23.2 Å². The zero-order valence-corrected chi connectivity index (χ0v) is 17.7. The van der Waals surface area contributed by atoms with E-state index in [4.69, 9.17) is 4.99 Å². The second-order valence-electron chi connectivity index (χ2n) is 7.27. The molecule has 0 spiro atoms. The molecule has 0 bridgehead atoms. The fraction of sp³-hybridized carbons (Fsp3) is 0.0769. The van der Waals surface area contributed by atoms with E-state index in [0.29, 0.717) is 6.54 Å².